The minimum Gasteiger partial charge on any atom is -0.310 e. The monoisotopic (exact) mass is 153 g/mol. The van der Waals surface area contributed by atoms with Crippen molar-refractivity contribution in [2.45, 2.75) is 25.4 Å². The zero-order chi connectivity index (χ0) is 6.81. The molecule has 1 nitrogen and oxygen atoms in total. The molecule has 2 rings (SSSR count). The molecule has 1 aliphatic carbocycles. The molecule has 1 aliphatic rings. The summed E-state index contributed by atoms with van der Waals surface area (Å²) in [6.45, 7) is 1.06. The number of hydrogen-bond donors (Lipinski definition) is 1. The Kier molecular flexibility index (Phi) is 1.74. The van der Waals surface area contributed by atoms with E-state index in [-0.39, 0.29) is 0 Å². The Morgan fingerprint density at radius 2 is 2.50 bits per heavy atom. The molecule has 0 unspecified atom stereocenters. The zero-order valence-corrected chi connectivity index (χ0v) is 6.66. The summed E-state index contributed by atoms with van der Waals surface area (Å²) >= 11 is 1.77. The minimum atomic E-state index is 0.833. The van der Waals surface area contributed by atoms with Gasteiger partial charge in [0.1, 0.15) is 0 Å². The van der Waals surface area contributed by atoms with E-state index < -0.39 is 0 Å². The van der Waals surface area contributed by atoms with Gasteiger partial charge in [0.05, 0.1) is 0 Å². The third-order valence-corrected chi connectivity index (χ3v) is 2.48. The lowest BCUT2D eigenvalue weighted by Crippen LogP contribution is -2.14. The molecule has 0 aliphatic heterocycles. The van der Waals surface area contributed by atoms with Crippen LogP contribution >= 0.6 is 11.3 Å². The molecule has 0 saturated heterocycles. The van der Waals surface area contributed by atoms with Gasteiger partial charge in [-0.05, 0) is 35.2 Å². The Labute approximate surface area is 65.1 Å². The van der Waals surface area contributed by atoms with Crippen molar-refractivity contribution < 1.29 is 0 Å². The second-order valence-corrected chi connectivity index (χ2v) is 3.57. The largest absolute Gasteiger partial charge is 0.310 e. The van der Waals surface area contributed by atoms with Gasteiger partial charge in [-0.3, -0.25) is 0 Å². The molecule has 1 aromatic heterocycles. The molecule has 0 spiro atoms. The van der Waals surface area contributed by atoms with Gasteiger partial charge in [0, 0.05) is 12.6 Å². The predicted molar refractivity (Wildman–Crippen MR) is 44.2 cm³/mol. The van der Waals surface area contributed by atoms with Crippen LogP contribution in [0.5, 0.6) is 0 Å². The van der Waals surface area contributed by atoms with Crippen LogP contribution in [0.15, 0.2) is 16.8 Å². The van der Waals surface area contributed by atoms with E-state index in [9.17, 15) is 0 Å². The van der Waals surface area contributed by atoms with Crippen LogP contribution in [0.25, 0.3) is 0 Å². The lowest BCUT2D eigenvalue weighted by Gasteiger charge is -1.97. The average molecular weight is 153 g/mol. The molecule has 10 heavy (non-hydrogen) atoms. The number of nitrogens with one attached hydrogen (secondary N) is 1. The van der Waals surface area contributed by atoms with Crippen LogP contribution in [-0.2, 0) is 6.54 Å². The van der Waals surface area contributed by atoms with Crippen LogP contribution in [0.1, 0.15) is 18.4 Å². The average Bonchev–Trinajstić information content (AvgIpc) is 2.63. The second-order valence-electron chi connectivity index (χ2n) is 2.79. The van der Waals surface area contributed by atoms with E-state index in [1.165, 1.54) is 18.4 Å². The molecule has 1 fully saturated rings. The van der Waals surface area contributed by atoms with Gasteiger partial charge in [0.2, 0.25) is 0 Å². The molecular weight excluding hydrogens is 142 g/mol. The number of thiophene rings is 1. The van der Waals surface area contributed by atoms with Crippen molar-refractivity contribution in [2.75, 3.05) is 0 Å². The van der Waals surface area contributed by atoms with E-state index in [4.69, 9.17) is 0 Å². The van der Waals surface area contributed by atoms with Crippen molar-refractivity contribution in [3.63, 3.8) is 0 Å². The van der Waals surface area contributed by atoms with E-state index in [1.54, 1.807) is 11.3 Å². The molecule has 2 heteroatoms. The van der Waals surface area contributed by atoms with Crippen molar-refractivity contribution in [1.29, 1.82) is 0 Å². The quantitative estimate of drug-likeness (QED) is 0.700. The Morgan fingerprint density at radius 3 is 3.10 bits per heavy atom. The normalized spacial score (nSPS) is 17.6. The first kappa shape index (κ1) is 6.38. The van der Waals surface area contributed by atoms with Crippen molar-refractivity contribution in [1.82, 2.24) is 5.32 Å². The maximum absolute atomic E-state index is 3.47. The van der Waals surface area contributed by atoms with Crippen LogP contribution in [0.3, 0.4) is 0 Å². The smallest absolute Gasteiger partial charge is 0.0216 e. The summed E-state index contributed by atoms with van der Waals surface area (Å²) in [6.07, 6.45) is 2.76. The lowest BCUT2D eigenvalue weighted by molar-refractivity contribution is 0.689. The molecule has 0 amide bonds. The van der Waals surface area contributed by atoms with Crippen LogP contribution in [0, 0.1) is 0 Å². The summed E-state index contributed by atoms with van der Waals surface area (Å²) < 4.78 is 0. The molecule has 1 N–H and O–H groups in total. The topological polar surface area (TPSA) is 12.0 Å². The highest BCUT2D eigenvalue weighted by molar-refractivity contribution is 7.07. The van der Waals surface area contributed by atoms with Crippen molar-refractivity contribution in [3.8, 4) is 0 Å². The van der Waals surface area contributed by atoms with E-state index in [0.717, 1.165) is 12.6 Å². The summed E-state index contributed by atoms with van der Waals surface area (Å²) in [5.74, 6) is 0. The third kappa shape index (κ3) is 1.58. The van der Waals surface area contributed by atoms with Crippen molar-refractivity contribution in [2.24, 2.45) is 0 Å². The van der Waals surface area contributed by atoms with Gasteiger partial charge in [-0.2, -0.15) is 11.3 Å². The number of hydrogen-bond acceptors (Lipinski definition) is 2. The maximum atomic E-state index is 3.47. The molecule has 1 saturated carbocycles. The van der Waals surface area contributed by atoms with Gasteiger partial charge in [0.15, 0.2) is 0 Å². The molecule has 0 bridgehead atoms. The fraction of sp³-hybridized carbons (Fsp3) is 0.500. The van der Waals surface area contributed by atoms with Gasteiger partial charge in [-0.15, -0.1) is 0 Å². The fourth-order valence-corrected chi connectivity index (χ4v) is 1.61. The number of rotatable bonds is 3. The Morgan fingerprint density at radius 1 is 1.60 bits per heavy atom. The Balaban J connectivity index is 1.79. The van der Waals surface area contributed by atoms with Crippen molar-refractivity contribution >= 4 is 11.3 Å². The Bertz CT molecular complexity index is 189. The van der Waals surface area contributed by atoms with E-state index in [0.29, 0.717) is 0 Å². The lowest BCUT2D eigenvalue weighted by atomic mass is 10.3. The SMILES string of the molecule is c1cc(CNC2CC2)cs1. The summed E-state index contributed by atoms with van der Waals surface area (Å²) in [5, 5.41) is 7.80. The zero-order valence-electron chi connectivity index (χ0n) is 5.84. The molecule has 0 atom stereocenters. The summed E-state index contributed by atoms with van der Waals surface area (Å²) in [5.41, 5.74) is 1.43. The van der Waals surface area contributed by atoms with Gasteiger partial charge in [-0.25, -0.2) is 0 Å². The highest BCUT2D eigenvalue weighted by atomic mass is 32.1. The Hall–Kier alpha value is -0.340. The molecule has 54 valence electrons. The first-order chi connectivity index (χ1) is 4.95. The van der Waals surface area contributed by atoms with Crippen LogP contribution in [0.2, 0.25) is 0 Å². The summed E-state index contributed by atoms with van der Waals surface area (Å²) in [4.78, 5) is 0. The molecule has 0 radical (unpaired) electrons. The first-order valence-corrected chi connectivity index (χ1v) is 4.64. The van der Waals surface area contributed by atoms with E-state index >= 15 is 0 Å². The van der Waals surface area contributed by atoms with Crippen molar-refractivity contribution in [3.05, 3.63) is 22.4 Å². The van der Waals surface area contributed by atoms with E-state index in [2.05, 4.69) is 22.1 Å². The standard InChI is InChI=1S/C8H11NS/c1-2-8(1)9-5-7-3-4-10-6-7/h3-4,6,8-9H,1-2,5H2. The fourth-order valence-electron chi connectivity index (χ4n) is 0.943. The van der Waals surface area contributed by atoms with Gasteiger partial charge >= 0.3 is 0 Å². The molecular formula is C8H11NS. The molecule has 0 aromatic carbocycles. The van der Waals surface area contributed by atoms with Crippen LogP contribution in [0.4, 0.5) is 0 Å². The summed E-state index contributed by atoms with van der Waals surface area (Å²) in [7, 11) is 0. The van der Waals surface area contributed by atoms with Crippen LogP contribution in [-0.4, -0.2) is 6.04 Å². The highest BCUT2D eigenvalue weighted by Crippen LogP contribution is 2.19. The van der Waals surface area contributed by atoms with Gasteiger partial charge in [0.25, 0.3) is 0 Å². The van der Waals surface area contributed by atoms with Gasteiger partial charge < -0.3 is 5.32 Å². The third-order valence-electron chi connectivity index (χ3n) is 1.75. The minimum absolute atomic E-state index is 0.833. The van der Waals surface area contributed by atoms with Crippen LogP contribution < -0.4 is 5.32 Å². The summed E-state index contributed by atoms with van der Waals surface area (Å²) in [6, 6.07) is 3.01. The second kappa shape index (κ2) is 2.72. The van der Waals surface area contributed by atoms with E-state index in [1.807, 2.05) is 0 Å². The molecule has 1 aromatic rings. The highest BCUT2D eigenvalue weighted by Gasteiger charge is 2.19. The predicted octanol–water partition coefficient (Wildman–Crippen LogP) is 2.00. The first-order valence-electron chi connectivity index (χ1n) is 3.69. The molecule has 1 heterocycles. The van der Waals surface area contributed by atoms with Gasteiger partial charge in [-0.1, -0.05) is 0 Å². The maximum Gasteiger partial charge on any atom is 0.0216 e.